The molecule has 1 aromatic carbocycles. The van der Waals surface area contributed by atoms with E-state index < -0.39 is 11.9 Å². The molecule has 0 bridgehead atoms. The van der Waals surface area contributed by atoms with Crippen LogP contribution in [0.3, 0.4) is 0 Å². The van der Waals surface area contributed by atoms with Gasteiger partial charge >= 0.3 is 11.9 Å². The van der Waals surface area contributed by atoms with Gasteiger partial charge in [0.05, 0.1) is 13.2 Å². The van der Waals surface area contributed by atoms with Crippen LogP contribution in [0.1, 0.15) is 57.4 Å². The Labute approximate surface area is 173 Å². The number of aliphatic carboxylic acids is 1. The van der Waals surface area contributed by atoms with Crippen molar-refractivity contribution < 1.29 is 28.9 Å². The van der Waals surface area contributed by atoms with Crippen molar-refractivity contribution in [2.45, 2.75) is 58.3 Å². The highest BCUT2D eigenvalue weighted by molar-refractivity contribution is 5.90. The van der Waals surface area contributed by atoms with Gasteiger partial charge in [0, 0.05) is 12.2 Å². The van der Waals surface area contributed by atoms with Gasteiger partial charge in [-0.05, 0) is 30.5 Å². The second-order valence-corrected chi connectivity index (χ2v) is 6.82. The van der Waals surface area contributed by atoms with Crippen LogP contribution in [0.5, 0.6) is 5.75 Å². The Morgan fingerprint density at radius 3 is 2.21 bits per heavy atom. The van der Waals surface area contributed by atoms with Crippen molar-refractivity contribution in [2.24, 2.45) is 0 Å². The Kier molecular flexibility index (Phi) is 14.1. The molecule has 0 aliphatic carbocycles. The number of hydrogen-bond acceptors (Lipinski definition) is 5. The first kappa shape index (κ1) is 24.7. The molecule has 0 aromatic heterocycles. The molecule has 1 N–H and O–H groups in total. The summed E-state index contributed by atoms with van der Waals surface area (Å²) in [6.07, 6.45) is 11.9. The van der Waals surface area contributed by atoms with E-state index >= 15 is 0 Å². The SMILES string of the molecule is CCCCCCCCCc1ccc(OCCOCCOC(=O)/C=C/C(=O)O)cc1. The molecule has 0 spiro atoms. The maximum absolute atomic E-state index is 11.1. The number of benzene rings is 1. The molecule has 0 saturated carbocycles. The van der Waals surface area contributed by atoms with Crippen LogP contribution in [0.4, 0.5) is 0 Å². The fourth-order valence-corrected chi connectivity index (χ4v) is 2.75. The molecule has 0 radical (unpaired) electrons. The quantitative estimate of drug-likeness (QED) is 0.232. The number of unbranched alkanes of at least 4 members (excludes halogenated alkanes) is 6. The summed E-state index contributed by atoms with van der Waals surface area (Å²) in [4.78, 5) is 21.4. The summed E-state index contributed by atoms with van der Waals surface area (Å²) in [7, 11) is 0. The predicted molar refractivity (Wildman–Crippen MR) is 112 cm³/mol. The molecular weight excluding hydrogens is 372 g/mol. The van der Waals surface area contributed by atoms with Crippen LogP contribution in [0, 0.1) is 0 Å². The molecule has 0 atom stereocenters. The maximum atomic E-state index is 11.1. The van der Waals surface area contributed by atoms with Crippen molar-refractivity contribution in [2.75, 3.05) is 26.4 Å². The lowest BCUT2D eigenvalue weighted by atomic mass is 10.0. The molecule has 0 aliphatic rings. The van der Waals surface area contributed by atoms with Gasteiger partial charge in [-0.1, -0.05) is 57.6 Å². The van der Waals surface area contributed by atoms with Crippen LogP contribution >= 0.6 is 0 Å². The van der Waals surface area contributed by atoms with Gasteiger partial charge < -0.3 is 19.3 Å². The number of ether oxygens (including phenoxy) is 3. The van der Waals surface area contributed by atoms with Crippen molar-refractivity contribution in [3.05, 3.63) is 42.0 Å². The number of carbonyl (C=O) groups is 2. The fourth-order valence-electron chi connectivity index (χ4n) is 2.75. The fraction of sp³-hybridized carbons (Fsp3) is 0.565. The Morgan fingerprint density at radius 1 is 0.862 bits per heavy atom. The lowest BCUT2D eigenvalue weighted by molar-refractivity contribution is -0.140. The Bertz CT molecular complexity index is 594. The van der Waals surface area contributed by atoms with Crippen LogP contribution < -0.4 is 4.74 Å². The summed E-state index contributed by atoms with van der Waals surface area (Å²) >= 11 is 0. The summed E-state index contributed by atoms with van der Waals surface area (Å²) in [5.74, 6) is -1.09. The number of aryl methyl sites for hydroxylation is 1. The minimum atomic E-state index is -1.19. The summed E-state index contributed by atoms with van der Waals surface area (Å²) in [6, 6.07) is 8.18. The monoisotopic (exact) mass is 406 g/mol. The number of carboxylic acids is 1. The van der Waals surface area contributed by atoms with Crippen LogP contribution in [0.2, 0.25) is 0 Å². The number of hydrogen-bond donors (Lipinski definition) is 1. The van der Waals surface area contributed by atoms with E-state index in [9.17, 15) is 9.59 Å². The van der Waals surface area contributed by atoms with Crippen molar-refractivity contribution >= 4 is 11.9 Å². The topological polar surface area (TPSA) is 82.1 Å². The van der Waals surface area contributed by atoms with E-state index in [0.717, 1.165) is 24.3 Å². The average Bonchev–Trinajstić information content (AvgIpc) is 2.72. The van der Waals surface area contributed by atoms with Crippen LogP contribution in [-0.2, 0) is 25.5 Å². The summed E-state index contributed by atoms with van der Waals surface area (Å²) < 4.78 is 15.7. The first-order valence-electron chi connectivity index (χ1n) is 10.5. The lowest BCUT2D eigenvalue weighted by Gasteiger charge is -2.08. The number of carboxylic acid groups (broad SMARTS) is 1. The van der Waals surface area contributed by atoms with Crippen LogP contribution in [-0.4, -0.2) is 43.5 Å². The molecule has 29 heavy (non-hydrogen) atoms. The third-order valence-corrected chi connectivity index (χ3v) is 4.32. The van der Waals surface area contributed by atoms with E-state index in [0.29, 0.717) is 13.2 Å². The summed E-state index contributed by atoms with van der Waals surface area (Å²) in [6.45, 7) is 3.32. The molecule has 6 nitrogen and oxygen atoms in total. The van der Waals surface area contributed by atoms with Gasteiger partial charge in [0.1, 0.15) is 19.0 Å². The third-order valence-electron chi connectivity index (χ3n) is 4.32. The van der Waals surface area contributed by atoms with Crippen molar-refractivity contribution in [3.63, 3.8) is 0 Å². The average molecular weight is 407 g/mol. The van der Waals surface area contributed by atoms with Gasteiger partial charge in [-0.2, -0.15) is 0 Å². The minimum absolute atomic E-state index is 0.0656. The highest BCUT2D eigenvalue weighted by atomic mass is 16.6. The number of rotatable bonds is 17. The first-order valence-corrected chi connectivity index (χ1v) is 10.5. The summed E-state index contributed by atoms with van der Waals surface area (Å²) in [5, 5.41) is 8.39. The van der Waals surface area contributed by atoms with Crippen molar-refractivity contribution in [1.29, 1.82) is 0 Å². The second-order valence-electron chi connectivity index (χ2n) is 6.82. The zero-order valence-corrected chi connectivity index (χ0v) is 17.4. The van der Waals surface area contributed by atoms with E-state index in [4.69, 9.17) is 19.3 Å². The highest BCUT2D eigenvalue weighted by Crippen LogP contribution is 2.15. The molecule has 1 rings (SSSR count). The molecule has 0 saturated heterocycles. The van der Waals surface area contributed by atoms with Gasteiger partial charge in [-0.3, -0.25) is 0 Å². The summed E-state index contributed by atoms with van der Waals surface area (Å²) in [5.41, 5.74) is 1.33. The molecule has 162 valence electrons. The van der Waals surface area contributed by atoms with Gasteiger partial charge in [0.15, 0.2) is 0 Å². The molecule has 1 aromatic rings. The molecular formula is C23H34O6. The third kappa shape index (κ3) is 14.3. The largest absolute Gasteiger partial charge is 0.491 e. The highest BCUT2D eigenvalue weighted by Gasteiger charge is 2.00. The van der Waals surface area contributed by atoms with Crippen molar-refractivity contribution in [1.82, 2.24) is 0 Å². The van der Waals surface area contributed by atoms with Gasteiger partial charge in [0.25, 0.3) is 0 Å². The molecule has 0 unspecified atom stereocenters. The smallest absolute Gasteiger partial charge is 0.331 e. The normalized spacial score (nSPS) is 10.9. The van der Waals surface area contributed by atoms with Gasteiger partial charge in [-0.25, -0.2) is 9.59 Å². The standard InChI is InChI=1S/C23H34O6/c1-2-3-4-5-6-7-8-9-20-10-12-21(13-11-20)28-18-16-27-17-19-29-23(26)15-14-22(24)25/h10-15H,2-9,16-19H2,1H3,(H,24,25)/b15-14+. The predicted octanol–water partition coefficient (Wildman–Crippen LogP) is 4.56. The minimum Gasteiger partial charge on any atom is -0.491 e. The Hall–Kier alpha value is -2.34. The zero-order chi connectivity index (χ0) is 21.2. The molecule has 0 aliphatic heterocycles. The maximum Gasteiger partial charge on any atom is 0.331 e. The van der Waals surface area contributed by atoms with E-state index in [1.54, 1.807) is 0 Å². The zero-order valence-electron chi connectivity index (χ0n) is 17.4. The van der Waals surface area contributed by atoms with Crippen LogP contribution in [0.25, 0.3) is 0 Å². The van der Waals surface area contributed by atoms with Gasteiger partial charge in [-0.15, -0.1) is 0 Å². The number of esters is 1. The second kappa shape index (κ2) is 16.6. The van der Waals surface area contributed by atoms with E-state index in [2.05, 4.69) is 19.1 Å². The Morgan fingerprint density at radius 2 is 1.52 bits per heavy atom. The van der Waals surface area contributed by atoms with E-state index in [-0.39, 0.29) is 13.2 Å². The van der Waals surface area contributed by atoms with Crippen molar-refractivity contribution in [3.8, 4) is 5.75 Å². The molecule has 0 heterocycles. The molecule has 0 amide bonds. The molecule has 6 heteroatoms. The molecule has 0 fully saturated rings. The lowest BCUT2D eigenvalue weighted by Crippen LogP contribution is -2.12. The first-order chi connectivity index (χ1) is 14.1. The van der Waals surface area contributed by atoms with Crippen LogP contribution in [0.15, 0.2) is 36.4 Å². The van der Waals surface area contributed by atoms with E-state index in [1.165, 1.54) is 50.5 Å². The number of carbonyl (C=O) groups excluding carboxylic acids is 1. The van der Waals surface area contributed by atoms with Gasteiger partial charge in [0.2, 0.25) is 0 Å². The van der Waals surface area contributed by atoms with E-state index in [1.807, 2.05) is 12.1 Å². The Balaban J connectivity index is 2.02.